The zero-order valence-electron chi connectivity index (χ0n) is 10.4. The number of nitrogens with two attached hydrogens (primary N) is 1. The molecule has 1 heterocycles. The maximum atomic E-state index is 5.90. The number of hydrogen-bond acceptors (Lipinski definition) is 7. The third-order valence-corrected chi connectivity index (χ3v) is 2.60. The summed E-state index contributed by atoms with van der Waals surface area (Å²) in [7, 11) is 1.47. The summed E-state index contributed by atoms with van der Waals surface area (Å²) in [6.45, 7) is 1.93. The van der Waals surface area contributed by atoms with E-state index in [4.69, 9.17) is 22.2 Å². The van der Waals surface area contributed by atoms with Crippen molar-refractivity contribution in [2.45, 2.75) is 6.92 Å². The van der Waals surface area contributed by atoms with Crippen molar-refractivity contribution in [3.63, 3.8) is 0 Å². The molecule has 0 amide bonds. The summed E-state index contributed by atoms with van der Waals surface area (Å²) in [4.78, 5) is 12.1. The Labute approximate surface area is 115 Å². The first-order chi connectivity index (χ1) is 9.12. The lowest BCUT2D eigenvalue weighted by Gasteiger charge is -2.10. The van der Waals surface area contributed by atoms with Crippen LogP contribution in [0.2, 0.25) is 5.02 Å². The molecule has 0 aliphatic heterocycles. The first-order valence-electron chi connectivity index (χ1n) is 5.42. The highest BCUT2D eigenvalue weighted by Gasteiger charge is 2.07. The standard InChI is InChI=1S/C11H13ClN6O/c1-6-5-7(12)3-4-8(6)14-9-15-10(18-13)17-11(16-9)19-2/h3-5H,13H2,1-2H3,(H2,14,15,16,17,18). The fourth-order valence-electron chi connectivity index (χ4n) is 1.46. The first kappa shape index (κ1) is 13.3. The minimum Gasteiger partial charge on any atom is -0.467 e. The maximum Gasteiger partial charge on any atom is 0.322 e. The highest BCUT2D eigenvalue weighted by atomic mass is 35.5. The molecule has 4 N–H and O–H groups in total. The molecule has 0 saturated heterocycles. The minimum atomic E-state index is 0.164. The fourth-order valence-corrected chi connectivity index (χ4v) is 1.68. The number of halogens is 1. The van der Waals surface area contributed by atoms with Gasteiger partial charge in [0.15, 0.2) is 0 Å². The third-order valence-electron chi connectivity index (χ3n) is 2.36. The van der Waals surface area contributed by atoms with E-state index in [2.05, 4.69) is 25.7 Å². The van der Waals surface area contributed by atoms with E-state index in [1.165, 1.54) is 7.11 Å². The average Bonchev–Trinajstić information content (AvgIpc) is 2.41. The van der Waals surface area contributed by atoms with Crippen LogP contribution in [0.5, 0.6) is 6.01 Å². The zero-order chi connectivity index (χ0) is 13.8. The second-order valence-corrected chi connectivity index (χ2v) is 4.13. The highest BCUT2D eigenvalue weighted by molar-refractivity contribution is 6.30. The van der Waals surface area contributed by atoms with Gasteiger partial charge in [0.25, 0.3) is 0 Å². The summed E-state index contributed by atoms with van der Waals surface area (Å²) in [5.41, 5.74) is 4.15. The van der Waals surface area contributed by atoms with Gasteiger partial charge >= 0.3 is 6.01 Å². The van der Waals surface area contributed by atoms with Crippen LogP contribution in [0.15, 0.2) is 18.2 Å². The van der Waals surface area contributed by atoms with Crippen LogP contribution in [0.1, 0.15) is 5.56 Å². The summed E-state index contributed by atoms with van der Waals surface area (Å²) in [5.74, 6) is 5.82. The van der Waals surface area contributed by atoms with Crippen molar-refractivity contribution >= 4 is 29.2 Å². The second kappa shape index (κ2) is 5.68. The quantitative estimate of drug-likeness (QED) is 0.581. The number of ether oxygens (including phenoxy) is 1. The Balaban J connectivity index is 2.31. The molecule has 1 aromatic heterocycles. The van der Waals surface area contributed by atoms with Crippen LogP contribution in [0.4, 0.5) is 17.6 Å². The minimum absolute atomic E-state index is 0.164. The molecule has 0 fully saturated rings. The molecule has 19 heavy (non-hydrogen) atoms. The van der Waals surface area contributed by atoms with Crippen LogP contribution in [0.3, 0.4) is 0 Å². The summed E-state index contributed by atoms with van der Waals surface area (Å²) < 4.78 is 4.97. The van der Waals surface area contributed by atoms with E-state index in [0.29, 0.717) is 11.0 Å². The van der Waals surface area contributed by atoms with Crippen LogP contribution >= 0.6 is 11.6 Å². The van der Waals surface area contributed by atoms with E-state index >= 15 is 0 Å². The Kier molecular flexibility index (Phi) is 3.98. The number of methoxy groups -OCH3 is 1. The number of nitrogens with one attached hydrogen (secondary N) is 2. The molecule has 0 bridgehead atoms. The van der Waals surface area contributed by atoms with Crippen LogP contribution in [-0.4, -0.2) is 22.1 Å². The molecule has 0 atom stereocenters. The van der Waals surface area contributed by atoms with Crippen LogP contribution in [0, 0.1) is 6.92 Å². The van der Waals surface area contributed by atoms with Gasteiger partial charge in [0.05, 0.1) is 7.11 Å². The van der Waals surface area contributed by atoms with Gasteiger partial charge in [-0.1, -0.05) is 11.6 Å². The molecule has 2 rings (SSSR count). The predicted molar refractivity (Wildman–Crippen MR) is 73.7 cm³/mol. The monoisotopic (exact) mass is 280 g/mol. The molecule has 100 valence electrons. The SMILES string of the molecule is COc1nc(NN)nc(Nc2ccc(Cl)cc2C)n1. The van der Waals surface area contributed by atoms with Gasteiger partial charge in [-0.2, -0.15) is 15.0 Å². The normalized spacial score (nSPS) is 10.1. The van der Waals surface area contributed by atoms with Gasteiger partial charge in [0.1, 0.15) is 0 Å². The zero-order valence-corrected chi connectivity index (χ0v) is 11.2. The Bertz CT molecular complexity index is 569. The lowest BCUT2D eigenvalue weighted by Crippen LogP contribution is -2.13. The number of anilines is 3. The van der Waals surface area contributed by atoms with E-state index in [1.54, 1.807) is 6.07 Å². The maximum absolute atomic E-state index is 5.90. The Morgan fingerprint density at radius 1 is 1.21 bits per heavy atom. The van der Waals surface area contributed by atoms with Crippen molar-refractivity contribution in [3.8, 4) is 6.01 Å². The number of rotatable bonds is 4. The van der Waals surface area contributed by atoms with E-state index < -0.39 is 0 Å². The van der Waals surface area contributed by atoms with Crippen LogP contribution < -0.4 is 21.3 Å². The average molecular weight is 281 g/mol. The molecular formula is C11H13ClN6O. The van der Waals surface area contributed by atoms with Crippen molar-refractivity contribution in [3.05, 3.63) is 28.8 Å². The van der Waals surface area contributed by atoms with Gasteiger partial charge in [0.2, 0.25) is 11.9 Å². The van der Waals surface area contributed by atoms with Gasteiger partial charge in [-0.05, 0) is 30.7 Å². The number of aromatic nitrogens is 3. The van der Waals surface area contributed by atoms with Crippen LogP contribution in [0.25, 0.3) is 0 Å². The van der Waals surface area contributed by atoms with Crippen molar-refractivity contribution in [1.29, 1.82) is 0 Å². The Hall–Kier alpha value is -2.12. The molecule has 2 aromatic rings. The number of benzene rings is 1. The summed E-state index contributed by atoms with van der Waals surface area (Å²) in [5, 5.41) is 3.72. The second-order valence-electron chi connectivity index (χ2n) is 3.70. The molecule has 7 nitrogen and oxygen atoms in total. The highest BCUT2D eigenvalue weighted by Crippen LogP contribution is 2.22. The Morgan fingerprint density at radius 2 is 1.95 bits per heavy atom. The number of aryl methyl sites for hydroxylation is 1. The molecule has 1 aromatic carbocycles. The summed E-state index contributed by atoms with van der Waals surface area (Å²) in [6, 6.07) is 5.61. The topological polar surface area (TPSA) is 98.0 Å². The molecule has 0 unspecified atom stereocenters. The molecular weight excluding hydrogens is 268 g/mol. The number of hydrogen-bond donors (Lipinski definition) is 3. The van der Waals surface area contributed by atoms with Gasteiger partial charge in [-0.25, -0.2) is 5.84 Å². The van der Waals surface area contributed by atoms with E-state index in [-0.39, 0.29) is 12.0 Å². The van der Waals surface area contributed by atoms with Crippen molar-refractivity contribution < 1.29 is 4.74 Å². The summed E-state index contributed by atoms with van der Waals surface area (Å²) in [6.07, 6.45) is 0. The molecule has 0 saturated carbocycles. The van der Waals surface area contributed by atoms with E-state index in [0.717, 1.165) is 11.3 Å². The number of hydrazine groups is 1. The van der Waals surface area contributed by atoms with Gasteiger partial charge in [0, 0.05) is 10.7 Å². The number of nitrogen functional groups attached to an aromatic ring is 1. The van der Waals surface area contributed by atoms with Gasteiger partial charge in [-0.3, -0.25) is 5.43 Å². The molecule has 0 aliphatic carbocycles. The Morgan fingerprint density at radius 3 is 2.58 bits per heavy atom. The van der Waals surface area contributed by atoms with Crippen LogP contribution in [-0.2, 0) is 0 Å². The van der Waals surface area contributed by atoms with Crippen molar-refractivity contribution in [2.24, 2.45) is 5.84 Å². The summed E-state index contributed by atoms with van der Waals surface area (Å²) >= 11 is 5.90. The number of nitrogens with zero attached hydrogens (tertiary/aromatic N) is 3. The predicted octanol–water partition coefficient (Wildman–Crippen LogP) is 1.87. The molecule has 0 radical (unpaired) electrons. The third kappa shape index (κ3) is 3.21. The molecule has 8 heteroatoms. The lowest BCUT2D eigenvalue weighted by molar-refractivity contribution is 0.379. The van der Waals surface area contributed by atoms with Crippen molar-refractivity contribution in [2.75, 3.05) is 17.9 Å². The largest absolute Gasteiger partial charge is 0.467 e. The smallest absolute Gasteiger partial charge is 0.322 e. The van der Waals surface area contributed by atoms with Gasteiger partial charge in [-0.15, -0.1) is 0 Å². The van der Waals surface area contributed by atoms with E-state index in [9.17, 15) is 0 Å². The lowest BCUT2D eigenvalue weighted by atomic mass is 10.2. The molecule has 0 spiro atoms. The van der Waals surface area contributed by atoms with Gasteiger partial charge < -0.3 is 10.1 Å². The molecule has 0 aliphatic rings. The van der Waals surface area contributed by atoms with E-state index in [1.807, 2.05) is 19.1 Å². The fraction of sp³-hybridized carbons (Fsp3) is 0.182. The first-order valence-corrected chi connectivity index (χ1v) is 5.80. The van der Waals surface area contributed by atoms with Crippen molar-refractivity contribution in [1.82, 2.24) is 15.0 Å².